The minimum Gasteiger partial charge on any atom is -0.338 e. The molecule has 0 saturated heterocycles. The lowest BCUT2D eigenvalue weighted by molar-refractivity contribution is -0.384. The average molecular weight is 399 g/mol. The van der Waals surface area contributed by atoms with Gasteiger partial charge in [-0.15, -0.1) is 0 Å². The average Bonchev–Trinajstić information content (AvgIpc) is 3.14. The summed E-state index contributed by atoms with van der Waals surface area (Å²) in [6.45, 7) is 4.86. The molecule has 0 radical (unpaired) electrons. The van der Waals surface area contributed by atoms with E-state index in [0.29, 0.717) is 40.8 Å². The normalized spacial score (nSPS) is 10.7. The van der Waals surface area contributed by atoms with Crippen LogP contribution in [0.25, 0.3) is 16.9 Å². The van der Waals surface area contributed by atoms with Crippen molar-refractivity contribution >= 4 is 23.2 Å². The molecule has 2 aromatic carbocycles. The first-order valence-electron chi connectivity index (χ1n) is 8.85. The van der Waals surface area contributed by atoms with Crippen molar-refractivity contribution in [3.8, 4) is 16.9 Å². The number of hydrogen-bond acceptors (Lipinski definition) is 4. The molecule has 0 aliphatic heterocycles. The molecule has 1 aromatic heterocycles. The summed E-state index contributed by atoms with van der Waals surface area (Å²) in [4.78, 5) is 25.4. The van der Waals surface area contributed by atoms with Crippen molar-refractivity contribution in [3.63, 3.8) is 0 Å². The van der Waals surface area contributed by atoms with Crippen molar-refractivity contribution in [2.75, 3.05) is 13.1 Å². The number of halogens is 1. The fourth-order valence-corrected chi connectivity index (χ4v) is 3.17. The molecule has 8 heteroatoms. The number of carbonyl (C=O) groups is 1. The molecular weight excluding hydrogens is 380 g/mol. The van der Waals surface area contributed by atoms with Crippen LogP contribution in [0.1, 0.15) is 24.3 Å². The van der Waals surface area contributed by atoms with Crippen molar-refractivity contribution in [3.05, 3.63) is 75.4 Å². The van der Waals surface area contributed by atoms with Crippen LogP contribution in [0.2, 0.25) is 5.02 Å². The van der Waals surface area contributed by atoms with E-state index in [1.165, 1.54) is 16.8 Å². The van der Waals surface area contributed by atoms with Gasteiger partial charge in [-0.3, -0.25) is 14.9 Å². The van der Waals surface area contributed by atoms with Gasteiger partial charge in [0.15, 0.2) is 0 Å². The molecule has 0 saturated carbocycles. The predicted octanol–water partition coefficient (Wildman–Crippen LogP) is 4.58. The number of non-ortho nitro benzene ring substituents is 1. The number of amides is 1. The second-order valence-electron chi connectivity index (χ2n) is 6.06. The number of hydrogen-bond donors (Lipinski definition) is 0. The summed E-state index contributed by atoms with van der Waals surface area (Å²) in [5, 5.41) is 16.2. The molecule has 3 rings (SSSR count). The molecule has 28 heavy (non-hydrogen) atoms. The van der Waals surface area contributed by atoms with Gasteiger partial charge in [-0.1, -0.05) is 35.9 Å². The summed E-state index contributed by atoms with van der Waals surface area (Å²) < 4.78 is 1.44. The zero-order chi connectivity index (χ0) is 20.3. The van der Waals surface area contributed by atoms with Gasteiger partial charge in [0.2, 0.25) is 0 Å². The van der Waals surface area contributed by atoms with Gasteiger partial charge in [-0.2, -0.15) is 5.10 Å². The smallest absolute Gasteiger partial charge is 0.272 e. The Hall–Kier alpha value is -3.19. The van der Waals surface area contributed by atoms with Crippen LogP contribution in [0, 0.1) is 10.1 Å². The van der Waals surface area contributed by atoms with Crippen LogP contribution in [0.4, 0.5) is 5.69 Å². The second-order valence-corrected chi connectivity index (χ2v) is 6.47. The van der Waals surface area contributed by atoms with Crippen molar-refractivity contribution in [1.82, 2.24) is 14.7 Å². The molecule has 0 unspecified atom stereocenters. The molecular formula is C20H19ClN4O3. The van der Waals surface area contributed by atoms with E-state index in [2.05, 4.69) is 5.10 Å². The van der Waals surface area contributed by atoms with Crippen LogP contribution in [-0.2, 0) is 0 Å². The van der Waals surface area contributed by atoms with Gasteiger partial charge in [0.1, 0.15) is 5.69 Å². The number of benzene rings is 2. The minimum atomic E-state index is -0.478. The predicted molar refractivity (Wildman–Crippen MR) is 108 cm³/mol. The number of carbonyl (C=O) groups excluding carboxylic acids is 1. The highest BCUT2D eigenvalue weighted by atomic mass is 35.5. The molecule has 0 bridgehead atoms. The number of nitrogens with zero attached hydrogens (tertiary/aromatic N) is 4. The number of nitro groups is 1. The van der Waals surface area contributed by atoms with E-state index in [-0.39, 0.29) is 11.6 Å². The third kappa shape index (κ3) is 3.75. The number of rotatable bonds is 6. The maximum absolute atomic E-state index is 13.0. The summed E-state index contributed by atoms with van der Waals surface area (Å²) in [5.41, 5.74) is 1.88. The molecule has 7 nitrogen and oxygen atoms in total. The third-order valence-electron chi connectivity index (χ3n) is 4.41. The van der Waals surface area contributed by atoms with Crippen LogP contribution in [0.3, 0.4) is 0 Å². The molecule has 0 fully saturated rings. The maximum Gasteiger partial charge on any atom is 0.272 e. The van der Waals surface area contributed by atoms with E-state index in [0.717, 1.165) is 0 Å². The topological polar surface area (TPSA) is 81.3 Å². The van der Waals surface area contributed by atoms with Crippen LogP contribution in [0.5, 0.6) is 0 Å². The fraction of sp³-hybridized carbons (Fsp3) is 0.200. The van der Waals surface area contributed by atoms with Crippen LogP contribution < -0.4 is 0 Å². The maximum atomic E-state index is 13.0. The van der Waals surface area contributed by atoms with Gasteiger partial charge in [0.25, 0.3) is 11.6 Å². The van der Waals surface area contributed by atoms with Gasteiger partial charge < -0.3 is 4.90 Å². The lowest BCUT2D eigenvalue weighted by atomic mass is 10.1. The SMILES string of the molecule is CCN(CC)C(=O)c1cc(-c2ccccc2Cl)nn1-c1cccc([N+](=O)[O-])c1. The Morgan fingerprint density at radius 3 is 2.50 bits per heavy atom. The Balaban J connectivity index is 2.19. The molecule has 0 spiro atoms. The van der Waals surface area contributed by atoms with Crippen LogP contribution >= 0.6 is 11.6 Å². The molecule has 144 valence electrons. The fourth-order valence-electron chi connectivity index (χ4n) is 2.94. The third-order valence-corrected chi connectivity index (χ3v) is 4.74. The summed E-state index contributed by atoms with van der Waals surface area (Å²) in [5.74, 6) is -0.206. The lowest BCUT2D eigenvalue weighted by Gasteiger charge is -2.19. The molecule has 1 heterocycles. The van der Waals surface area contributed by atoms with E-state index in [1.54, 1.807) is 29.2 Å². The Labute approximate surface area is 167 Å². The molecule has 0 aliphatic carbocycles. The van der Waals surface area contributed by atoms with E-state index >= 15 is 0 Å². The van der Waals surface area contributed by atoms with Crippen molar-refractivity contribution < 1.29 is 9.72 Å². The summed E-state index contributed by atoms with van der Waals surface area (Å²) in [6, 6.07) is 14.9. The van der Waals surface area contributed by atoms with E-state index < -0.39 is 4.92 Å². The molecule has 0 aliphatic rings. The number of nitro benzene ring substituents is 1. The summed E-state index contributed by atoms with van der Waals surface area (Å²) >= 11 is 6.30. The van der Waals surface area contributed by atoms with Crippen molar-refractivity contribution in [2.24, 2.45) is 0 Å². The summed E-state index contributed by atoms with van der Waals surface area (Å²) in [7, 11) is 0. The Bertz CT molecular complexity index is 1030. The number of aromatic nitrogens is 2. The Morgan fingerprint density at radius 2 is 1.86 bits per heavy atom. The minimum absolute atomic E-state index is 0.0754. The van der Waals surface area contributed by atoms with Gasteiger partial charge in [-0.25, -0.2) is 4.68 Å². The largest absolute Gasteiger partial charge is 0.338 e. The van der Waals surface area contributed by atoms with Gasteiger partial charge >= 0.3 is 0 Å². The van der Waals surface area contributed by atoms with Crippen molar-refractivity contribution in [2.45, 2.75) is 13.8 Å². The van der Waals surface area contributed by atoms with E-state index in [1.807, 2.05) is 32.0 Å². The summed E-state index contributed by atoms with van der Waals surface area (Å²) in [6.07, 6.45) is 0. The molecule has 1 amide bonds. The van der Waals surface area contributed by atoms with Crippen molar-refractivity contribution in [1.29, 1.82) is 0 Å². The Kier molecular flexibility index (Phi) is 5.75. The van der Waals surface area contributed by atoms with Gasteiger partial charge in [0.05, 0.1) is 21.3 Å². The monoisotopic (exact) mass is 398 g/mol. The molecule has 3 aromatic rings. The van der Waals surface area contributed by atoms with Crippen LogP contribution in [-0.4, -0.2) is 38.6 Å². The highest BCUT2D eigenvalue weighted by molar-refractivity contribution is 6.33. The van der Waals surface area contributed by atoms with Crippen LogP contribution in [0.15, 0.2) is 54.6 Å². The second kappa shape index (κ2) is 8.22. The van der Waals surface area contributed by atoms with Gasteiger partial charge in [-0.05, 0) is 32.0 Å². The quantitative estimate of drug-likeness (QED) is 0.449. The highest BCUT2D eigenvalue weighted by Gasteiger charge is 2.22. The lowest BCUT2D eigenvalue weighted by Crippen LogP contribution is -2.32. The van der Waals surface area contributed by atoms with E-state index in [4.69, 9.17) is 11.6 Å². The first-order valence-corrected chi connectivity index (χ1v) is 9.23. The Morgan fingerprint density at radius 1 is 1.14 bits per heavy atom. The standard InChI is InChI=1S/C20H19ClN4O3/c1-3-23(4-2)20(26)19-13-18(16-10-5-6-11-17(16)21)22-24(19)14-8-7-9-15(12-14)25(27)28/h5-13H,3-4H2,1-2H3. The first-order chi connectivity index (χ1) is 13.5. The van der Waals surface area contributed by atoms with Gasteiger partial charge in [0, 0.05) is 30.8 Å². The van der Waals surface area contributed by atoms with E-state index in [9.17, 15) is 14.9 Å². The molecule has 0 N–H and O–H groups in total. The zero-order valence-corrected chi connectivity index (χ0v) is 16.3. The first kappa shape index (κ1) is 19.6. The zero-order valence-electron chi connectivity index (χ0n) is 15.5. The molecule has 0 atom stereocenters. The highest BCUT2D eigenvalue weighted by Crippen LogP contribution is 2.29.